The molecule has 7 nitrogen and oxygen atoms in total. The number of nitrogens with one attached hydrogen (secondary N) is 1. The van der Waals surface area contributed by atoms with E-state index in [9.17, 15) is 0 Å². The fourth-order valence-corrected chi connectivity index (χ4v) is 3.06. The first-order valence-corrected chi connectivity index (χ1v) is 7.86. The molecule has 0 unspecified atom stereocenters. The van der Waals surface area contributed by atoms with Crippen LogP contribution in [0.25, 0.3) is 0 Å². The number of hydrogen-bond acceptors (Lipinski definition) is 6. The Bertz CT molecular complexity index is 730. The van der Waals surface area contributed by atoms with Gasteiger partial charge < -0.3 is 9.64 Å². The van der Waals surface area contributed by atoms with E-state index in [1.807, 2.05) is 6.07 Å². The van der Waals surface area contributed by atoms with Crippen molar-refractivity contribution < 1.29 is 4.74 Å². The van der Waals surface area contributed by atoms with Crippen LogP contribution in [-0.2, 0) is 4.74 Å². The summed E-state index contributed by atoms with van der Waals surface area (Å²) in [5, 5.41) is 16.4. The Morgan fingerprint density at radius 1 is 1.39 bits per heavy atom. The summed E-state index contributed by atoms with van der Waals surface area (Å²) in [5.41, 5.74) is 0.559. The number of pyridine rings is 1. The average molecular weight is 310 g/mol. The maximum absolute atomic E-state index is 8.92. The molecule has 1 aliphatic heterocycles. The third-order valence-electron chi connectivity index (χ3n) is 4.55. The summed E-state index contributed by atoms with van der Waals surface area (Å²) in [4.78, 5) is 11.3. The van der Waals surface area contributed by atoms with Crippen LogP contribution in [0.1, 0.15) is 48.4 Å². The number of ether oxygens (including phenoxy) is 1. The van der Waals surface area contributed by atoms with Crippen molar-refractivity contribution in [2.75, 3.05) is 18.6 Å². The van der Waals surface area contributed by atoms with Crippen molar-refractivity contribution in [1.29, 1.82) is 5.26 Å². The first-order valence-electron chi connectivity index (χ1n) is 7.86. The fourth-order valence-electron chi connectivity index (χ4n) is 3.06. The minimum atomic E-state index is 0.0698. The van der Waals surface area contributed by atoms with Gasteiger partial charge >= 0.3 is 0 Å². The van der Waals surface area contributed by atoms with Gasteiger partial charge in [0.2, 0.25) is 0 Å². The Labute approximate surface area is 134 Å². The van der Waals surface area contributed by atoms with Gasteiger partial charge in [-0.2, -0.15) is 10.4 Å². The van der Waals surface area contributed by atoms with Gasteiger partial charge in [-0.15, -0.1) is 0 Å². The molecule has 2 aromatic rings. The van der Waals surface area contributed by atoms with Gasteiger partial charge in [0.25, 0.3) is 0 Å². The largest absolute Gasteiger partial charge is 0.380 e. The lowest BCUT2D eigenvalue weighted by molar-refractivity contribution is 0.118. The van der Waals surface area contributed by atoms with Crippen LogP contribution in [-0.4, -0.2) is 39.9 Å². The molecule has 1 saturated heterocycles. The van der Waals surface area contributed by atoms with Crippen molar-refractivity contribution in [1.82, 2.24) is 20.2 Å². The van der Waals surface area contributed by atoms with E-state index in [1.54, 1.807) is 19.4 Å². The van der Waals surface area contributed by atoms with E-state index >= 15 is 0 Å². The highest BCUT2D eigenvalue weighted by atomic mass is 16.5. The van der Waals surface area contributed by atoms with Crippen LogP contribution in [0.3, 0.4) is 0 Å². The van der Waals surface area contributed by atoms with E-state index in [2.05, 4.69) is 31.1 Å². The molecule has 1 saturated carbocycles. The molecule has 2 atom stereocenters. The molecule has 0 aromatic carbocycles. The number of aromatic amines is 1. The Kier molecular flexibility index (Phi) is 3.46. The molecule has 118 valence electrons. The first kappa shape index (κ1) is 14.2. The van der Waals surface area contributed by atoms with E-state index in [4.69, 9.17) is 10.00 Å². The fraction of sp³-hybridized carbons (Fsp3) is 0.500. The Morgan fingerprint density at radius 2 is 2.26 bits per heavy atom. The maximum atomic E-state index is 8.92. The molecule has 2 aromatic heterocycles. The standard InChI is InChI=1S/C16H18N6O/c1-23-12-6-13(16-19-15(20-21-16)11-3-4-11)22(9-12)14-5-2-10(7-17)8-18-14/h2,5,8,11-13H,3-4,6,9H2,1H3,(H,19,20,21)/t12-,13+/m1/s1. The van der Waals surface area contributed by atoms with Crippen LogP contribution in [0.4, 0.5) is 5.82 Å². The van der Waals surface area contributed by atoms with Crippen molar-refractivity contribution in [2.24, 2.45) is 0 Å². The van der Waals surface area contributed by atoms with Gasteiger partial charge in [-0.3, -0.25) is 5.10 Å². The van der Waals surface area contributed by atoms with Crippen LogP contribution in [0.2, 0.25) is 0 Å². The van der Waals surface area contributed by atoms with Crippen LogP contribution in [0.15, 0.2) is 18.3 Å². The number of methoxy groups -OCH3 is 1. The minimum Gasteiger partial charge on any atom is -0.380 e. The molecular formula is C16H18N6O. The highest BCUT2D eigenvalue weighted by Crippen LogP contribution is 2.40. The summed E-state index contributed by atoms with van der Waals surface area (Å²) in [7, 11) is 1.73. The molecule has 3 heterocycles. The Balaban J connectivity index is 1.62. The van der Waals surface area contributed by atoms with Gasteiger partial charge in [-0.05, 0) is 25.0 Å². The summed E-state index contributed by atoms with van der Waals surface area (Å²) in [6, 6.07) is 5.83. The number of hydrogen-bond donors (Lipinski definition) is 1. The minimum absolute atomic E-state index is 0.0698. The molecule has 2 aliphatic rings. The second kappa shape index (κ2) is 5.63. The number of anilines is 1. The first-order chi connectivity index (χ1) is 11.3. The molecule has 0 bridgehead atoms. The summed E-state index contributed by atoms with van der Waals surface area (Å²) < 4.78 is 5.54. The quantitative estimate of drug-likeness (QED) is 0.927. The Hall–Kier alpha value is -2.46. The number of aromatic nitrogens is 4. The summed E-state index contributed by atoms with van der Waals surface area (Å²) in [6.07, 6.45) is 4.94. The van der Waals surface area contributed by atoms with Gasteiger partial charge in [0.15, 0.2) is 5.82 Å². The average Bonchev–Trinajstić information content (AvgIpc) is 3.17. The molecule has 0 amide bonds. The predicted molar refractivity (Wildman–Crippen MR) is 82.8 cm³/mol. The topological polar surface area (TPSA) is 90.7 Å². The van der Waals surface area contributed by atoms with Crippen LogP contribution >= 0.6 is 0 Å². The molecule has 7 heteroatoms. The second-order valence-electron chi connectivity index (χ2n) is 6.13. The Morgan fingerprint density at radius 3 is 2.91 bits per heavy atom. The van der Waals surface area contributed by atoms with Crippen LogP contribution < -0.4 is 4.90 Å². The van der Waals surface area contributed by atoms with Crippen molar-refractivity contribution in [3.05, 3.63) is 35.5 Å². The predicted octanol–water partition coefficient (Wildman–Crippen LogP) is 1.92. The van der Waals surface area contributed by atoms with E-state index in [1.165, 1.54) is 12.8 Å². The molecule has 1 aliphatic carbocycles. The second-order valence-corrected chi connectivity index (χ2v) is 6.13. The smallest absolute Gasteiger partial charge is 0.153 e. The van der Waals surface area contributed by atoms with Crippen LogP contribution in [0, 0.1) is 11.3 Å². The van der Waals surface area contributed by atoms with Gasteiger partial charge in [0, 0.05) is 32.2 Å². The van der Waals surface area contributed by atoms with Gasteiger partial charge in [0.05, 0.1) is 17.7 Å². The summed E-state index contributed by atoms with van der Waals surface area (Å²) in [5.74, 6) is 3.16. The number of nitriles is 1. The molecule has 0 spiro atoms. The van der Waals surface area contributed by atoms with E-state index in [-0.39, 0.29) is 12.1 Å². The zero-order chi connectivity index (χ0) is 15.8. The zero-order valence-electron chi connectivity index (χ0n) is 12.9. The lowest BCUT2D eigenvalue weighted by atomic mass is 10.2. The van der Waals surface area contributed by atoms with E-state index in [0.29, 0.717) is 11.5 Å². The number of H-pyrrole nitrogens is 1. The highest BCUT2D eigenvalue weighted by molar-refractivity contribution is 5.45. The molecule has 23 heavy (non-hydrogen) atoms. The molecule has 1 N–H and O–H groups in total. The van der Waals surface area contributed by atoms with Crippen molar-refractivity contribution in [2.45, 2.75) is 37.3 Å². The molecule has 0 radical (unpaired) electrons. The van der Waals surface area contributed by atoms with Gasteiger partial charge in [-0.1, -0.05) is 0 Å². The summed E-state index contributed by atoms with van der Waals surface area (Å²) >= 11 is 0. The molecule has 2 fully saturated rings. The normalized spacial score (nSPS) is 23.9. The lowest BCUT2D eigenvalue weighted by Crippen LogP contribution is -2.26. The van der Waals surface area contributed by atoms with Crippen molar-refractivity contribution in [3.63, 3.8) is 0 Å². The van der Waals surface area contributed by atoms with Crippen molar-refractivity contribution in [3.8, 4) is 6.07 Å². The maximum Gasteiger partial charge on any atom is 0.153 e. The SMILES string of the molecule is CO[C@@H]1C[C@@H](c2nc(C3CC3)n[nH]2)N(c2ccc(C#N)cn2)C1. The van der Waals surface area contributed by atoms with Crippen LogP contribution in [0.5, 0.6) is 0 Å². The summed E-state index contributed by atoms with van der Waals surface area (Å²) in [6.45, 7) is 0.750. The van der Waals surface area contributed by atoms with Gasteiger partial charge in [-0.25, -0.2) is 9.97 Å². The molecular weight excluding hydrogens is 292 g/mol. The number of nitrogens with zero attached hydrogens (tertiary/aromatic N) is 5. The lowest BCUT2D eigenvalue weighted by Gasteiger charge is -2.23. The van der Waals surface area contributed by atoms with E-state index in [0.717, 1.165) is 30.4 Å². The monoisotopic (exact) mass is 310 g/mol. The molecule has 4 rings (SSSR count). The third kappa shape index (κ3) is 2.66. The number of rotatable bonds is 4. The zero-order valence-corrected chi connectivity index (χ0v) is 12.9. The van der Waals surface area contributed by atoms with Gasteiger partial charge in [0.1, 0.15) is 17.7 Å². The highest BCUT2D eigenvalue weighted by Gasteiger charge is 2.37. The van der Waals surface area contributed by atoms with E-state index < -0.39 is 0 Å². The van der Waals surface area contributed by atoms with Crippen molar-refractivity contribution >= 4 is 5.82 Å². The third-order valence-corrected chi connectivity index (χ3v) is 4.55.